The minimum absolute atomic E-state index is 0.0539. The van der Waals surface area contributed by atoms with Crippen molar-refractivity contribution in [1.29, 1.82) is 0 Å². The van der Waals surface area contributed by atoms with Crippen molar-refractivity contribution in [3.05, 3.63) is 53.1 Å². The van der Waals surface area contributed by atoms with E-state index >= 15 is 0 Å². The molecule has 0 bridgehead atoms. The molecule has 0 atom stereocenters. The van der Waals surface area contributed by atoms with E-state index in [-0.39, 0.29) is 12.5 Å². The third-order valence-corrected chi connectivity index (χ3v) is 3.63. The molecule has 0 saturated heterocycles. The maximum absolute atomic E-state index is 11.7. The van der Waals surface area contributed by atoms with Gasteiger partial charge in [-0.15, -0.1) is 0 Å². The van der Waals surface area contributed by atoms with Gasteiger partial charge in [-0.1, -0.05) is 43.2 Å². The zero-order chi connectivity index (χ0) is 18.7. The second-order valence-electron chi connectivity index (χ2n) is 6.66. The average molecular weight is 342 g/mol. The van der Waals surface area contributed by atoms with Gasteiger partial charge in [0, 0.05) is 6.21 Å². The first-order chi connectivity index (χ1) is 11.9. The van der Waals surface area contributed by atoms with Gasteiger partial charge in [0.25, 0.3) is 5.91 Å². The topological polar surface area (TPSA) is 50.7 Å². The minimum Gasteiger partial charge on any atom is -0.484 e. The van der Waals surface area contributed by atoms with Crippen LogP contribution >= 0.6 is 0 Å². The van der Waals surface area contributed by atoms with Crippen LogP contribution in [-0.4, -0.2) is 18.7 Å². The van der Waals surface area contributed by atoms with Crippen LogP contribution in [0.15, 0.2) is 52.7 Å². The quantitative estimate of drug-likeness (QED) is 0.391. The number of nitrogens with one attached hydrogen (secondary N) is 1. The molecule has 4 heteroatoms. The fourth-order valence-electron chi connectivity index (χ4n) is 2.08. The molecule has 0 aliphatic heterocycles. The summed E-state index contributed by atoms with van der Waals surface area (Å²) in [4.78, 5) is 11.7. The van der Waals surface area contributed by atoms with Gasteiger partial charge in [-0.25, -0.2) is 5.43 Å². The first-order valence-electron chi connectivity index (χ1n) is 8.72. The molecule has 0 radical (unpaired) electrons. The monoisotopic (exact) mass is 342 g/mol. The van der Waals surface area contributed by atoms with Crippen molar-refractivity contribution in [2.24, 2.45) is 5.10 Å². The van der Waals surface area contributed by atoms with E-state index in [0.717, 1.165) is 12.8 Å². The summed E-state index contributed by atoms with van der Waals surface area (Å²) in [5.74, 6) is 0.878. The molecule has 1 amide bonds. The lowest BCUT2D eigenvalue weighted by atomic mass is 10.0. The molecule has 1 aromatic rings. The Morgan fingerprint density at radius 3 is 2.48 bits per heavy atom. The highest BCUT2D eigenvalue weighted by atomic mass is 16.5. The number of carbonyl (C=O) groups is 1. The van der Waals surface area contributed by atoms with E-state index in [2.05, 4.69) is 51.2 Å². The van der Waals surface area contributed by atoms with E-state index < -0.39 is 0 Å². The Labute approximate surface area is 151 Å². The molecule has 0 unspecified atom stereocenters. The molecule has 0 saturated carbocycles. The van der Waals surface area contributed by atoms with Crippen LogP contribution in [0, 0.1) is 0 Å². The van der Waals surface area contributed by atoms with Crippen molar-refractivity contribution in [2.45, 2.75) is 53.4 Å². The van der Waals surface area contributed by atoms with Gasteiger partial charge in [-0.3, -0.25) is 4.79 Å². The van der Waals surface area contributed by atoms with Gasteiger partial charge in [0.15, 0.2) is 6.61 Å². The number of amides is 1. The van der Waals surface area contributed by atoms with E-state index in [9.17, 15) is 4.79 Å². The third-order valence-electron chi connectivity index (χ3n) is 3.63. The van der Waals surface area contributed by atoms with Crippen molar-refractivity contribution >= 4 is 12.1 Å². The molecule has 0 aromatic heterocycles. The predicted molar refractivity (Wildman–Crippen MR) is 105 cm³/mol. The van der Waals surface area contributed by atoms with Gasteiger partial charge in [0.2, 0.25) is 0 Å². The summed E-state index contributed by atoms with van der Waals surface area (Å²) in [7, 11) is 0. The van der Waals surface area contributed by atoms with Crippen LogP contribution in [-0.2, 0) is 4.79 Å². The van der Waals surface area contributed by atoms with Crippen molar-refractivity contribution in [3.8, 4) is 5.75 Å². The lowest BCUT2D eigenvalue weighted by Gasteiger charge is -2.08. The first kappa shape index (κ1) is 20.7. The maximum atomic E-state index is 11.7. The highest BCUT2D eigenvalue weighted by Crippen LogP contribution is 2.18. The molecule has 136 valence electrons. The molecular formula is C21H30N2O2. The van der Waals surface area contributed by atoms with Gasteiger partial charge in [-0.2, -0.15) is 5.10 Å². The van der Waals surface area contributed by atoms with E-state index in [1.54, 1.807) is 6.21 Å². The molecule has 0 aliphatic rings. The van der Waals surface area contributed by atoms with Crippen LogP contribution in [0.25, 0.3) is 0 Å². The standard InChI is InChI=1S/C21H30N2O2/c1-16(2)7-6-8-18(5)13-14-22-23-21(24)15-25-20-11-9-19(10-12-20)17(3)4/h7,9-14,17H,6,8,15H2,1-5H3,(H,23,24)/b18-13+,22-14+. The van der Waals surface area contributed by atoms with Gasteiger partial charge < -0.3 is 4.74 Å². The second kappa shape index (κ2) is 11.2. The highest BCUT2D eigenvalue weighted by Gasteiger charge is 2.02. The molecule has 4 nitrogen and oxygen atoms in total. The number of benzene rings is 1. The third kappa shape index (κ3) is 9.50. The second-order valence-corrected chi connectivity index (χ2v) is 6.66. The Kier molecular flexibility index (Phi) is 9.30. The van der Waals surface area contributed by atoms with Gasteiger partial charge >= 0.3 is 0 Å². The number of hydrogen-bond acceptors (Lipinski definition) is 3. The molecule has 0 fully saturated rings. The SMILES string of the molecule is CC(C)=CCC/C(C)=C/C=N/NC(=O)COc1ccc(C(C)C)cc1. The summed E-state index contributed by atoms with van der Waals surface area (Å²) in [5, 5.41) is 3.91. The molecular weight excluding hydrogens is 312 g/mol. The Hall–Kier alpha value is -2.36. The Balaban J connectivity index is 2.31. The van der Waals surface area contributed by atoms with E-state index in [1.165, 1.54) is 16.7 Å². The Morgan fingerprint density at radius 2 is 1.88 bits per heavy atom. The van der Waals surface area contributed by atoms with Crippen molar-refractivity contribution in [3.63, 3.8) is 0 Å². The largest absolute Gasteiger partial charge is 0.484 e. The normalized spacial score (nSPS) is 11.7. The summed E-state index contributed by atoms with van der Waals surface area (Å²) >= 11 is 0. The van der Waals surface area contributed by atoms with Crippen molar-refractivity contribution in [2.75, 3.05) is 6.61 Å². The van der Waals surface area contributed by atoms with Crippen LogP contribution in [0.4, 0.5) is 0 Å². The van der Waals surface area contributed by atoms with Gasteiger partial charge in [-0.05, 0) is 63.3 Å². The molecule has 1 rings (SSSR count). The number of rotatable bonds is 9. The van der Waals surface area contributed by atoms with Crippen LogP contribution in [0.3, 0.4) is 0 Å². The number of hydrazone groups is 1. The van der Waals surface area contributed by atoms with Crippen molar-refractivity contribution < 1.29 is 9.53 Å². The maximum Gasteiger partial charge on any atom is 0.277 e. The van der Waals surface area contributed by atoms with Gasteiger partial charge in [0.1, 0.15) is 5.75 Å². The molecule has 25 heavy (non-hydrogen) atoms. The Bertz CT molecular complexity index is 622. The number of allylic oxidation sites excluding steroid dienone is 4. The molecule has 1 aromatic carbocycles. The summed E-state index contributed by atoms with van der Waals surface area (Å²) in [6.45, 7) is 10.5. The zero-order valence-corrected chi connectivity index (χ0v) is 16.0. The van der Waals surface area contributed by atoms with E-state index in [4.69, 9.17) is 4.74 Å². The van der Waals surface area contributed by atoms with E-state index in [0.29, 0.717) is 11.7 Å². The Morgan fingerprint density at radius 1 is 1.20 bits per heavy atom. The van der Waals surface area contributed by atoms with Crippen LogP contribution < -0.4 is 10.2 Å². The number of hydrogen-bond donors (Lipinski definition) is 1. The summed E-state index contributed by atoms with van der Waals surface area (Å²) in [6, 6.07) is 7.78. The zero-order valence-electron chi connectivity index (χ0n) is 16.0. The molecule has 0 aliphatic carbocycles. The van der Waals surface area contributed by atoms with E-state index in [1.807, 2.05) is 30.3 Å². The summed E-state index contributed by atoms with van der Waals surface area (Å²) in [5.41, 5.74) is 6.25. The highest BCUT2D eigenvalue weighted by molar-refractivity contribution is 5.79. The van der Waals surface area contributed by atoms with Crippen LogP contribution in [0.1, 0.15) is 58.9 Å². The van der Waals surface area contributed by atoms with Gasteiger partial charge in [0.05, 0.1) is 0 Å². The predicted octanol–water partition coefficient (Wildman–Crippen LogP) is 4.98. The fourth-order valence-corrected chi connectivity index (χ4v) is 2.08. The fraction of sp³-hybridized carbons (Fsp3) is 0.429. The molecule has 0 heterocycles. The smallest absolute Gasteiger partial charge is 0.277 e. The lowest BCUT2D eigenvalue weighted by molar-refractivity contribution is -0.123. The molecule has 0 spiro atoms. The molecule has 1 N–H and O–H groups in total. The minimum atomic E-state index is -0.278. The number of carbonyl (C=O) groups excluding carboxylic acids is 1. The lowest BCUT2D eigenvalue weighted by Crippen LogP contribution is -2.24. The van der Waals surface area contributed by atoms with Crippen LogP contribution in [0.5, 0.6) is 5.75 Å². The summed E-state index contributed by atoms with van der Waals surface area (Å²) in [6.07, 6.45) is 7.73. The summed E-state index contributed by atoms with van der Waals surface area (Å²) < 4.78 is 5.45. The average Bonchev–Trinajstić information content (AvgIpc) is 2.57. The van der Waals surface area contributed by atoms with Crippen molar-refractivity contribution in [1.82, 2.24) is 5.43 Å². The van der Waals surface area contributed by atoms with Crippen LogP contribution in [0.2, 0.25) is 0 Å². The number of ether oxygens (including phenoxy) is 1. The first-order valence-corrected chi connectivity index (χ1v) is 8.72. The number of nitrogens with zero attached hydrogens (tertiary/aromatic N) is 1.